The molecule has 0 bridgehead atoms. The molecule has 5 heteroatoms. The predicted molar refractivity (Wildman–Crippen MR) is 136 cm³/mol. The first-order valence-electron chi connectivity index (χ1n) is 11.9. The molecule has 5 nitrogen and oxygen atoms in total. The number of ether oxygens (including phenoxy) is 2. The first-order valence-corrected chi connectivity index (χ1v) is 11.9. The van der Waals surface area contributed by atoms with Crippen LogP contribution in [0.1, 0.15) is 49.3 Å². The second-order valence-electron chi connectivity index (χ2n) is 8.83. The Bertz CT molecular complexity index is 1220. The van der Waals surface area contributed by atoms with Crippen LogP contribution in [0.2, 0.25) is 0 Å². The maximum absolute atomic E-state index is 13.7. The van der Waals surface area contributed by atoms with Gasteiger partial charge in [-0.1, -0.05) is 49.4 Å². The Morgan fingerprint density at radius 1 is 0.912 bits per heavy atom. The molecule has 3 aromatic rings. The van der Waals surface area contributed by atoms with Gasteiger partial charge in [-0.2, -0.15) is 0 Å². The van der Waals surface area contributed by atoms with Gasteiger partial charge >= 0.3 is 0 Å². The molecule has 0 saturated heterocycles. The maximum atomic E-state index is 13.7. The van der Waals surface area contributed by atoms with Gasteiger partial charge in [0.25, 0.3) is 0 Å². The van der Waals surface area contributed by atoms with Crippen molar-refractivity contribution in [3.8, 4) is 11.5 Å². The molecule has 174 valence electrons. The second-order valence-corrected chi connectivity index (χ2v) is 8.83. The third-order valence-corrected chi connectivity index (χ3v) is 6.58. The van der Waals surface area contributed by atoms with Crippen LogP contribution in [0.15, 0.2) is 84.1 Å². The highest BCUT2D eigenvalue weighted by Gasteiger charge is 2.36. The van der Waals surface area contributed by atoms with E-state index >= 15 is 0 Å². The molecule has 0 fully saturated rings. The van der Waals surface area contributed by atoms with Crippen molar-refractivity contribution in [2.75, 3.05) is 24.4 Å². The molecular weight excluding hydrogens is 424 g/mol. The Labute approximate surface area is 200 Å². The lowest BCUT2D eigenvalue weighted by Gasteiger charge is -2.30. The van der Waals surface area contributed by atoms with Crippen molar-refractivity contribution in [3.05, 3.63) is 95.2 Å². The lowest BCUT2D eigenvalue weighted by Crippen LogP contribution is -2.27. The summed E-state index contributed by atoms with van der Waals surface area (Å²) in [5.74, 6) is 1.90. The summed E-state index contributed by atoms with van der Waals surface area (Å²) in [6, 6.07) is 23.9. The number of ketones is 1. The van der Waals surface area contributed by atoms with Gasteiger partial charge in [-0.15, -0.1) is 0 Å². The van der Waals surface area contributed by atoms with Gasteiger partial charge < -0.3 is 20.1 Å². The topological polar surface area (TPSA) is 59.6 Å². The molecule has 0 radical (unpaired) electrons. The van der Waals surface area contributed by atoms with Crippen LogP contribution in [-0.2, 0) is 4.79 Å². The molecule has 1 aliphatic carbocycles. The van der Waals surface area contributed by atoms with Gasteiger partial charge in [0.1, 0.15) is 11.5 Å². The summed E-state index contributed by atoms with van der Waals surface area (Å²) >= 11 is 0. The van der Waals surface area contributed by atoms with E-state index in [4.69, 9.17) is 9.47 Å². The van der Waals surface area contributed by atoms with Crippen molar-refractivity contribution in [3.63, 3.8) is 0 Å². The molecule has 0 saturated carbocycles. The van der Waals surface area contributed by atoms with E-state index < -0.39 is 0 Å². The molecule has 34 heavy (non-hydrogen) atoms. The fourth-order valence-corrected chi connectivity index (χ4v) is 4.92. The number of allylic oxidation sites excluding steroid dienone is 1. The van der Waals surface area contributed by atoms with E-state index in [1.807, 2.05) is 60.7 Å². The van der Waals surface area contributed by atoms with Crippen LogP contribution < -0.4 is 20.1 Å². The van der Waals surface area contributed by atoms with Crippen molar-refractivity contribution in [2.45, 2.75) is 38.1 Å². The van der Waals surface area contributed by atoms with Crippen molar-refractivity contribution in [1.82, 2.24) is 0 Å². The van der Waals surface area contributed by atoms with E-state index in [-0.39, 0.29) is 17.7 Å². The molecule has 0 spiro atoms. The zero-order valence-corrected chi connectivity index (χ0v) is 19.6. The number of fused-ring (bicyclic) bond motifs is 1. The Hall–Kier alpha value is -3.73. The Morgan fingerprint density at radius 2 is 1.65 bits per heavy atom. The third kappa shape index (κ3) is 4.26. The molecule has 1 aliphatic heterocycles. The standard InChI is InChI=1S/C29H30N2O3/c1-3-16-34-21-14-12-19(13-15-21)20-17-25-28(26(32)18-20)29(22-8-4-7-11-27(22)33-2)31-24-10-6-5-9-23(24)30-25/h4-15,20,29-31H,3,16-18H2,1-2H3. The van der Waals surface area contributed by atoms with Gasteiger partial charge in [0.15, 0.2) is 5.78 Å². The smallest absolute Gasteiger partial charge is 0.163 e. The largest absolute Gasteiger partial charge is 0.496 e. The lowest BCUT2D eigenvalue weighted by molar-refractivity contribution is -0.116. The van der Waals surface area contributed by atoms with E-state index in [2.05, 4.69) is 29.7 Å². The number of hydrogen-bond donors (Lipinski definition) is 2. The number of nitrogens with one attached hydrogen (secondary N) is 2. The molecule has 5 rings (SSSR count). The molecular formula is C29H30N2O3. The summed E-state index contributed by atoms with van der Waals surface area (Å²) in [6.45, 7) is 2.80. The number of Topliss-reactive ketones (excluding diaryl/α,β-unsaturated/α-hetero) is 1. The monoisotopic (exact) mass is 454 g/mol. The molecule has 0 amide bonds. The number of para-hydroxylation sites is 3. The van der Waals surface area contributed by atoms with Crippen LogP contribution in [0.25, 0.3) is 0 Å². The van der Waals surface area contributed by atoms with Crippen molar-refractivity contribution in [2.24, 2.45) is 0 Å². The van der Waals surface area contributed by atoms with Crippen molar-refractivity contribution in [1.29, 1.82) is 0 Å². The van der Waals surface area contributed by atoms with Gasteiger partial charge in [-0.3, -0.25) is 4.79 Å². The number of anilines is 2. The summed E-state index contributed by atoms with van der Waals surface area (Å²) in [5, 5.41) is 7.22. The average molecular weight is 455 g/mol. The number of hydrogen-bond acceptors (Lipinski definition) is 5. The Morgan fingerprint density at radius 3 is 2.41 bits per heavy atom. The van der Waals surface area contributed by atoms with E-state index in [0.29, 0.717) is 13.0 Å². The van der Waals surface area contributed by atoms with Gasteiger partial charge in [0, 0.05) is 23.3 Å². The predicted octanol–water partition coefficient (Wildman–Crippen LogP) is 6.46. The number of methoxy groups -OCH3 is 1. The first kappa shape index (κ1) is 22.1. The molecule has 3 aromatic carbocycles. The molecule has 2 N–H and O–H groups in total. The van der Waals surface area contributed by atoms with E-state index in [0.717, 1.165) is 58.1 Å². The van der Waals surface area contributed by atoms with E-state index in [9.17, 15) is 4.79 Å². The fraction of sp³-hybridized carbons (Fsp3) is 0.276. The van der Waals surface area contributed by atoms with Crippen LogP contribution in [0.4, 0.5) is 11.4 Å². The van der Waals surface area contributed by atoms with Crippen LogP contribution >= 0.6 is 0 Å². The molecule has 2 atom stereocenters. The van der Waals surface area contributed by atoms with Gasteiger partial charge in [-0.25, -0.2) is 0 Å². The Kier molecular flexibility index (Phi) is 6.26. The SMILES string of the molecule is CCCOc1ccc(C2CC(=O)C3=C(C2)Nc2ccccc2NC3c2ccccc2OC)cc1. The van der Waals surface area contributed by atoms with E-state index in [1.165, 1.54) is 0 Å². The number of carbonyl (C=O) groups excluding carboxylic acids is 1. The normalized spacial score (nSPS) is 19.3. The lowest BCUT2D eigenvalue weighted by atomic mass is 9.78. The van der Waals surface area contributed by atoms with Gasteiger partial charge in [0.05, 0.1) is 31.1 Å². The zero-order valence-electron chi connectivity index (χ0n) is 19.6. The minimum atomic E-state index is -0.291. The quantitative estimate of drug-likeness (QED) is 0.447. The van der Waals surface area contributed by atoms with Gasteiger partial charge in [-0.05, 0) is 54.7 Å². The molecule has 0 aromatic heterocycles. The summed E-state index contributed by atoms with van der Waals surface area (Å²) in [4.78, 5) is 13.7. The second kappa shape index (κ2) is 9.64. The molecule has 2 aliphatic rings. The van der Waals surface area contributed by atoms with Crippen LogP contribution in [0, 0.1) is 0 Å². The highest BCUT2D eigenvalue weighted by molar-refractivity contribution is 6.01. The van der Waals surface area contributed by atoms with Crippen LogP contribution in [-0.4, -0.2) is 19.5 Å². The molecule has 1 heterocycles. The average Bonchev–Trinajstić information content (AvgIpc) is 3.04. The fourth-order valence-electron chi connectivity index (χ4n) is 4.92. The highest BCUT2D eigenvalue weighted by atomic mass is 16.5. The number of carbonyl (C=O) groups is 1. The summed E-state index contributed by atoms with van der Waals surface area (Å²) in [5.41, 5.74) is 5.82. The molecule has 2 unspecified atom stereocenters. The zero-order chi connectivity index (χ0) is 23.5. The first-order chi connectivity index (χ1) is 16.7. The van der Waals surface area contributed by atoms with Gasteiger partial charge in [0.2, 0.25) is 0 Å². The van der Waals surface area contributed by atoms with Crippen LogP contribution in [0.3, 0.4) is 0 Å². The summed E-state index contributed by atoms with van der Waals surface area (Å²) in [7, 11) is 1.67. The summed E-state index contributed by atoms with van der Waals surface area (Å²) < 4.78 is 11.4. The minimum absolute atomic E-state index is 0.113. The number of benzene rings is 3. The number of rotatable bonds is 6. The maximum Gasteiger partial charge on any atom is 0.163 e. The van der Waals surface area contributed by atoms with Crippen molar-refractivity contribution >= 4 is 17.2 Å². The third-order valence-electron chi connectivity index (χ3n) is 6.58. The highest BCUT2D eigenvalue weighted by Crippen LogP contribution is 2.45. The van der Waals surface area contributed by atoms with Crippen molar-refractivity contribution < 1.29 is 14.3 Å². The Balaban J connectivity index is 1.53. The van der Waals surface area contributed by atoms with E-state index in [1.54, 1.807) is 7.11 Å². The van der Waals surface area contributed by atoms with Crippen LogP contribution in [0.5, 0.6) is 11.5 Å². The summed E-state index contributed by atoms with van der Waals surface area (Å²) in [6.07, 6.45) is 2.21. The minimum Gasteiger partial charge on any atom is -0.496 e.